The number of carbonyl (C=O) groups excluding carboxylic acids is 1. The van der Waals surface area contributed by atoms with Crippen LogP contribution in [0.2, 0.25) is 0 Å². The summed E-state index contributed by atoms with van der Waals surface area (Å²) < 4.78 is 28.2. The quantitative estimate of drug-likeness (QED) is 0.188. The van der Waals surface area contributed by atoms with Crippen LogP contribution in [0.4, 0.5) is 5.69 Å². The van der Waals surface area contributed by atoms with E-state index in [2.05, 4.69) is 9.88 Å². The second-order valence-corrected chi connectivity index (χ2v) is 14.8. The van der Waals surface area contributed by atoms with Crippen molar-refractivity contribution < 1.29 is 18.3 Å². The van der Waals surface area contributed by atoms with Gasteiger partial charge in [0.15, 0.2) is 5.88 Å². The molecule has 9 nitrogen and oxygen atoms in total. The third-order valence-electron chi connectivity index (χ3n) is 9.58. The van der Waals surface area contributed by atoms with E-state index in [1.165, 1.54) is 36.7 Å². The van der Waals surface area contributed by atoms with Crippen LogP contribution < -0.4 is 0 Å². The van der Waals surface area contributed by atoms with Gasteiger partial charge in [0.05, 0.1) is 21.9 Å². The van der Waals surface area contributed by atoms with E-state index in [4.69, 9.17) is 4.99 Å². The molecule has 0 radical (unpaired) electrons. The molecule has 47 heavy (non-hydrogen) atoms. The highest BCUT2D eigenvalue weighted by Crippen LogP contribution is 2.34. The van der Waals surface area contributed by atoms with Gasteiger partial charge in [0, 0.05) is 54.8 Å². The van der Waals surface area contributed by atoms with Crippen molar-refractivity contribution in [3.63, 3.8) is 0 Å². The molecule has 4 aromatic rings. The zero-order valence-electron chi connectivity index (χ0n) is 27.4. The van der Waals surface area contributed by atoms with E-state index in [1.807, 2.05) is 66.4 Å². The van der Waals surface area contributed by atoms with Gasteiger partial charge < -0.3 is 19.9 Å². The maximum atomic E-state index is 13.4. The molecule has 0 spiro atoms. The molecule has 0 saturated carbocycles. The van der Waals surface area contributed by atoms with Gasteiger partial charge >= 0.3 is 0 Å². The first-order chi connectivity index (χ1) is 22.8. The number of nitrogens with zero attached hydrogens (tertiary/aromatic N) is 4. The first-order valence-electron chi connectivity index (χ1n) is 16.8. The number of aromatic amines is 1. The number of rotatable bonds is 10. The Morgan fingerprint density at radius 3 is 2.32 bits per heavy atom. The molecular weight excluding hydrogens is 611 g/mol. The first kappa shape index (κ1) is 32.9. The average molecular weight is 656 g/mol. The van der Waals surface area contributed by atoms with E-state index >= 15 is 0 Å². The summed E-state index contributed by atoms with van der Waals surface area (Å²) in [6.07, 6.45) is 7.56. The lowest BCUT2D eigenvalue weighted by molar-refractivity contribution is 0.0590. The Hall–Kier alpha value is -3.99. The zero-order valence-corrected chi connectivity index (χ0v) is 28.2. The lowest BCUT2D eigenvalue weighted by Crippen LogP contribution is -2.48. The molecular formula is C37H45N5O4S. The first-order valence-corrected chi connectivity index (χ1v) is 18.3. The summed E-state index contributed by atoms with van der Waals surface area (Å²) in [5.41, 5.74) is 3.49. The third-order valence-corrected chi connectivity index (χ3v) is 11.4. The minimum absolute atomic E-state index is 0.0350. The minimum atomic E-state index is -3.73. The van der Waals surface area contributed by atoms with E-state index in [0.717, 1.165) is 44.3 Å². The summed E-state index contributed by atoms with van der Waals surface area (Å²) >= 11 is 0. The maximum absolute atomic E-state index is 13.4. The molecule has 2 saturated heterocycles. The van der Waals surface area contributed by atoms with Gasteiger partial charge in [-0.15, -0.1) is 0 Å². The number of amides is 1. The molecule has 2 fully saturated rings. The van der Waals surface area contributed by atoms with Gasteiger partial charge in [-0.2, -0.15) is 0 Å². The molecule has 1 aromatic heterocycles. The Balaban J connectivity index is 1.28. The van der Waals surface area contributed by atoms with Crippen molar-refractivity contribution >= 4 is 38.2 Å². The summed E-state index contributed by atoms with van der Waals surface area (Å²) in [7, 11) is -2.14. The fraction of sp³-hybridized carbons (Fsp3) is 0.405. The Morgan fingerprint density at radius 2 is 1.64 bits per heavy atom. The van der Waals surface area contributed by atoms with Gasteiger partial charge in [0.25, 0.3) is 5.91 Å². The van der Waals surface area contributed by atoms with Crippen molar-refractivity contribution in [3.05, 3.63) is 89.5 Å². The Bertz CT molecular complexity index is 1820. The lowest BCUT2D eigenvalue weighted by atomic mass is 9.99. The van der Waals surface area contributed by atoms with Crippen molar-refractivity contribution in [3.8, 4) is 5.88 Å². The number of hydrogen-bond acceptors (Lipinski definition) is 6. The molecule has 0 atom stereocenters. The fourth-order valence-electron chi connectivity index (χ4n) is 6.81. The standard InChI is InChI=1S/C37H45N5O4S/c1-3-4-21-40(2)47(45,46)31-17-18-33-32(26-31)34(36(43)39-33)35(27-11-7-5-8-12-27)38-29-15-13-28(14-16-29)37(44)42-24-19-30(20-25-42)41-22-9-6-10-23-41/h5,7-8,11-18,26,30,39,43H,3-4,6,9-10,19-25H2,1-2H3. The summed E-state index contributed by atoms with van der Waals surface area (Å²) in [5, 5.41) is 11.7. The predicted molar refractivity (Wildman–Crippen MR) is 187 cm³/mol. The molecule has 2 aliphatic rings. The lowest BCUT2D eigenvalue weighted by Gasteiger charge is -2.40. The number of benzene rings is 3. The van der Waals surface area contributed by atoms with Gasteiger partial charge in [-0.3, -0.25) is 4.79 Å². The molecule has 248 valence electrons. The second-order valence-electron chi connectivity index (χ2n) is 12.7. The summed E-state index contributed by atoms with van der Waals surface area (Å²) in [6.45, 7) is 6.34. The number of nitrogens with one attached hydrogen (secondary N) is 1. The number of sulfonamides is 1. The fourth-order valence-corrected chi connectivity index (χ4v) is 8.04. The van der Waals surface area contributed by atoms with Gasteiger partial charge in [-0.05, 0) is 87.7 Å². The molecule has 0 aliphatic carbocycles. The molecule has 0 unspecified atom stereocenters. The monoisotopic (exact) mass is 655 g/mol. The highest BCUT2D eigenvalue weighted by Gasteiger charge is 2.28. The van der Waals surface area contributed by atoms with Crippen molar-refractivity contribution in [2.24, 2.45) is 4.99 Å². The van der Waals surface area contributed by atoms with Crippen molar-refractivity contribution in [1.29, 1.82) is 0 Å². The van der Waals surface area contributed by atoms with Gasteiger partial charge in [0.2, 0.25) is 10.0 Å². The molecule has 3 heterocycles. The number of unbranched alkanes of at least 4 members (excludes halogenated alkanes) is 1. The molecule has 2 N–H and O–H groups in total. The van der Waals surface area contributed by atoms with E-state index in [0.29, 0.717) is 46.0 Å². The Morgan fingerprint density at radius 1 is 0.936 bits per heavy atom. The van der Waals surface area contributed by atoms with Crippen LogP contribution in [0.1, 0.15) is 73.4 Å². The van der Waals surface area contributed by atoms with Crippen LogP contribution >= 0.6 is 0 Å². The Kier molecular flexibility index (Phi) is 10.1. The summed E-state index contributed by atoms with van der Waals surface area (Å²) in [4.78, 5) is 26.1. The smallest absolute Gasteiger partial charge is 0.253 e. The van der Waals surface area contributed by atoms with Crippen LogP contribution in [0.15, 0.2) is 82.7 Å². The second kappa shape index (κ2) is 14.4. The molecule has 2 aliphatic heterocycles. The van der Waals surface area contributed by atoms with Crippen LogP contribution in [0, 0.1) is 0 Å². The van der Waals surface area contributed by atoms with Gasteiger partial charge in [-0.25, -0.2) is 17.7 Å². The number of aromatic nitrogens is 1. The number of piperidine rings is 2. The highest BCUT2D eigenvalue weighted by atomic mass is 32.2. The highest BCUT2D eigenvalue weighted by molar-refractivity contribution is 7.89. The Labute approximate surface area is 278 Å². The van der Waals surface area contributed by atoms with E-state index in [9.17, 15) is 18.3 Å². The SMILES string of the molecule is CCCCN(C)S(=O)(=O)c1ccc2[nH]c(O)c(C(=Nc3ccc(C(=O)N4CCC(N5CCCCC5)CC4)cc3)c3ccccc3)c2c1. The normalized spacial score (nSPS) is 17.1. The number of hydrogen-bond donors (Lipinski definition) is 2. The average Bonchev–Trinajstić information content (AvgIpc) is 3.44. The number of likely N-dealkylation sites (tertiary alicyclic amines) is 2. The van der Waals surface area contributed by atoms with Gasteiger partial charge in [0.1, 0.15) is 0 Å². The maximum Gasteiger partial charge on any atom is 0.253 e. The third kappa shape index (κ3) is 7.15. The summed E-state index contributed by atoms with van der Waals surface area (Å²) in [5.74, 6) is -0.0657. The van der Waals surface area contributed by atoms with Gasteiger partial charge in [-0.1, -0.05) is 50.1 Å². The van der Waals surface area contributed by atoms with E-state index in [1.54, 1.807) is 25.2 Å². The van der Waals surface area contributed by atoms with Crippen LogP contribution in [0.25, 0.3) is 10.9 Å². The van der Waals surface area contributed by atoms with Crippen LogP contribution in [-0.4, -0.2) is 90.0 Å². The van der Waals surface area contributed by atoms with E-state index in [-0.39, 0.29) is 16.7 Å². The van der Waals surface area contributed by atoms with Crippen LogP contribution in [-0.2, 0) is 10.0 Å². The zero-order chi connectivity index (χ0) is 33.0. The van der Waals surface area contributed by atoms with Crippen molar-refractivity contribution in [1.82, 2.24) is 19.1 Å². The number of fused-ring (bicyclic) bond motifs is 1. The molecule has 0 bridgehead atoms. The minimum Gasteiger partial charge on any atom is -0.494 e. The van der Waals surface area contributed by atoms with E-state index < -0.39 is 10.0 Å². The number of aliphatic imine (C=N–C) groups is 1. The largest absolute Gasteiger partial charge is 0.494 e. The van der Waals surface area contributed by atoms with Crippen molar-refractivity contribution in [2.75, 3.05) is 39.8 Å². The number of carbonyl (C=O) groups is 1. The predicted octanol–water partition coefficient (Wildman–Crippen LogP) is 6.55. The van der Waals surface area contributed by atoms with Crippen molar-refractivity contribution in [2.45, 2.75) is 62.8 Å². The topological polar surface area (TPSA) is 109 Å². The number of H-pyrrole nitrogens is 1. The van der Waals surface area contributed by atoms with Crippen LogP contribution in [0.3, 0.4) is 0 Å². The molecule has 3 aromatic carbocycles. The molecule has 10 heteroatoms. The number of aromatic hydroxyl groups is 1. The van der Waals surface area contributed by atoms with Crippen LogP contribution in [0.5, 0.6) is 5.88 Å². The molecule has 1 amide bonds. The molecule has 6 rings (SSSR count). The summed E-state index contributed by atoms with van der Waals surface area (Å²) in [6, 6.07) is 22.2.